The van der Waals surface area contributed by atoms with E-state index < -0.39 is 0 Å². The first kappa shape index (κ1) is 28.6. The number of hydrogen-bond donors (Lipinski definition) is 3. The van der Waals surface area contributed by atoms with Crippen molar-refractivity contribution < 1.29 is 0 Å². The van der Waals surface area contributed by atoms with E-state index in [0.29, 0.717) is 18.1 Å². The van der Waals surface area contributed by atoms with E-state index in [0.717, 1.165) is 19.3 Å². The summed E-state index contributed by atoms with van der Waals surface area (Å²) in [5.74, 6) is 0. The lowest BCUT2D eigenvalue weighted by molar-refractivity contribution is 0.608. The number of rotatable bonds is 9. The van der Waals surface area contributed by atoms with E-state index in [2.05, 4.69) is 110 Å². The topological polar surface area (TPSA) is 36.1 Å². The summed E-state index contributed by atoms with van der Waals surface area (Å²) in [4.78, 5) is 0. The highest BCUT2D eigenvalue weighted by Gasteiger charge is 1.99. The quantitative estimate of drug-likeness (QED) is 0.405. The molecule has 33 heavy (non-hydrogen) atoms. The van der Waals surface area contributed by atoms with Crippen molar-refractivity contribution in [3.05, 3.63) is 108 Å². The van der Waals surface area contributed by atoms with E-state index in [9.17, 15) is 0 Å². The van der Waals surface area contributed by atoms with Gasteiger partial charge in [-0.15, -0.1) is 0 Å². The summed E-state index contributed by atoms with van der Waals surface area (Å²) in [5, 5.41) is 9.64. The minimum absolute atomic E-state index is 0.567. The van der Waals surface area contributed by atoms with Crippen molar-refractivity contribution in [2.75, 3.05) is 21.1 Å². The molecule has 3 aromatic rings. The van der Waals surface area contributed by atoms with Crippen molar-refractivity contribution in [2.24, 2.45) is 0 Å². The lowest BCUT2D eigenvalue weighted by atomic mass is 10.1. The normalized spacial score (nSPS) is 12.9. The highest BCUT2D eigenvalue weighted by Crippen LogP contribution is 2.03. The van der Waals surface area contributed by atoms with Gasteiger partial charge in [-0.2, -0.15) is 0 Å². The second-order valence-electron chi connectivity index (χ2n) is 8.64. The van der Waals surface area contributed by atoms with Crippen LogP contribution in [0.3, 0.4) is 0 Å². The summed E-state index contributed by atoms with van der Waals surface area (Å²) in [6, 6.07) is 33.3. The summed E-state index contributed by atoms with van der Waals surface area (Å²) < 4.78 is 0. The molecule has 0 aliphatic rings. The van der Waals surface area contributed by atoms with E-state index in [1.165, 1.54) is 16.7 Å². The Bertz CT molecular complexity index is 693. The van der Waals surface area contributed by atoms with Gasteiger partial charge in [0.25, 0.3) is 0 Å². The molecule has 0 amide bonds. The van der Waals surface area contributed by atoms with Gasteiger partial charge in [0.2, 0.25) is 0 Å². The smallest absolute Gasteiger partial charge is 0.00761 e. The average Bonchev–Trinajstić information content (AvgIpc) is 2.86. The third kappa shape index (κ3) is 14.3. The molecule has 180 valence electrons. The van der Waals surface area contributed by atoms with Crippen LogP contribution in [-0.2, 0) is 19.3 Å². The lowest BCUT2D eigenvalue weighted by Crippen LogP contribution is -2.23. The molecule has 0 radical (unpaired) electrons. The van der Waals surface area contributed by atoms with Crippen molar-refractivity contribution in [3.63, 3.8) is 0 Å². The molecular formula is C30H45N3. The predicted octanol–water partition coefficient (Wildman–Crippen LogP) is 5.51. The highest BCUT2D eigenvalue weighted by atomic mass is 14.9. The molecular weight excluding hydrogens is 402 g/mol. The molecule has 0 saturated carbocycles. The number of nitrogens with one attached hydrogen (secondary N) is 3. The van der Waals surface area contributed by atoms with Gasteiger partial charge in [0.15, 0.2) is 0 Å². The Morgan fingerprint density at radius 3 is 0.818 bits per heavy atom. The standard InChI is InChI=1S/3C10H15N/c3*1-9(11-2)8-10-6-4-3-5-7-10/h3*3-7,9,11H,8H2,1-2H3/t3*9-/m000/s1. The van der Waals surface area contributed by atoms with Gasteiger partial charge in [0.1, 0.15) is 0 Å². The Hall–Kier alpha value is -2.46. The van der Waals surface area contributed by atoms with E-state index in [1.807, 2.05) is 39.3 Å². The number of likely N-dealkylation sites (N-methyl/N-ethyl adjacent to an activating group) is 3. The SMILES string of the molecule is CN[C@@H](C)Cc1ccccc1.CN[C@@H](C)Cc1ccccc1.CN[C@@H](C)Cc1ccccc1. The molecule has 3 aromatic carbocycles. The van der Waals surface area contributed by atoms with E-state index in [1.54, 1.807) is 0 Å². The molecule has 3 rings (SSSR count). The van der Waals surface area contributed by atoms with Gasteiger partial charge < -0.3 is 16.0 Å². The largest absolute Gasteiger partial charge is 0.317 e. The fourth-order valence-corrected chi connectivity index (χ4v) is 3.21. The van der Waals surface area contributed by atoms with Gasteiger partial charge in [-0.1, -0.05) is 91.0 Å². The first-order valence-electron chi connectivity index (χ1n) is 12.1. The van der Waals surface area contributed by atoms with Crippen LogP contribution in [0.25, 0.3) is 0 Å². The summed E-state index contributed by atoms with van der Waals surface area (Å²) in [6.07, 6.45) is 3.33. The fraction of sp³-hybridized carbons (Fsp3) is 0.400. The predicted molar refractivity (Wildman–Crippen MR) is 146 cm³/mol. The summed E-state index contributed by atoms with van der Waals surface area (Å²) >= 11 is 0. The number of hydrogen-bond acceptors (Lipinski definition) is 3. The summed E-state index contributed by atoms with van der Waals surface area (Å²) in [6.45, 7) is 6.56. The van der Waals surface area contributed by atoms with Crippen molar-refractivity contribution in [1.29, 1.82) is 0 Å². The molecule has 0 saturated heterocycles. The van der Waals surface area contributed by atoms with Crippen LogP contribution in [-0.4, -0.2) is 39.3 Å². The Morgan fingerprint density at radius 1 is 0.424 bits per heavy atom. The maximum absolute atomic E-state index is 3.21. The van der Waals surface area contributed by atoms with Gasteiger partial charge in [0.05, 0.1) is 0 Å². The Kier molecular flexibility index (Phi) is 15.6. The van der Waals surface area contributed by atoms with Crippen molar-refractivity contribution in [1.82, 2.24) is 16.0 Å². The van der Waals surface area contributed by atoms with Crippen LogP contribution in [0.2, 0.25) is 0 Å². The Balaban J connectivity index is 0.000000247. The zero-order chi connectivity index (χ0) is 24.3. The van der Waals surface area contributed by atoms with Crippen molar-refractivity contribution in [3.8, 4) is 0 Å². The maximum Gasteiger partial charge on any atom is 0.00761 e. The van der Waals surface area contributed by atoms with Crippen LogP contribution in [0.4, 0.5) is 0 Å². The average molecular weight is 448 g/mol. The van der Waals surface area contributed by atoms with Crippen LogP contribution in [0, 0.1) is 0 Å². The van der Waals surface area contributed by atoms with Crippen molar-refractivity contribution in [2.45, 2.75) is 58.2 Å². The molecule has 0 fully saturated rings. The Labute approximate surface area is 203 Å². The van der Waals surface area contributed by atoms with Gasteiger partial charge in [-0.25, -0.2) is 0 Å². The second-order valence-corrected chi connectivity index (χ2v) is 8.64. The molecule has 0 aromatic heterocycles. The van der Waals surface area contributed by atoms with Crippen LogP contribution in [0.5, 0.6) is 0 Å². The minimum atomic E-state index is 0.567. The first-order chi connectivity index (χ1) is 16.0. The van der Waals surface area contributed by atoms with Crippen LogP contribution >= 0.6 is 0 Å². The molecule has 3 heteroatoms. The second kappa shape index (κ2) is 18.0. The summed E-state index contributed by atoms with van der Waals surface area (Å²) in [5.41, 5.74) is 4.19. The Morgan fingerprint density at radius 2 is 0.636 bits per heavy atom. The first-order valence-corrected chi connectivity index (χ1v) is 12.1. The zero-order valence-corrected chi connectivity index (χ0v) is 21.5. The molecule has 3 nitrogen and oxygen atoms in total. The zero-order valence-electron chi connectivity index (χ0n) is 21.5. The number of benzene rings is 3. The molecule has 0 unspecified atom stereocenters. The highest BCUT2D eigenvalue weighted by molar-refractivity contribution is 5.17. The third-order valence-electron chi connectivity index (χ3n) is 5.63. The maximum atomic E-state index is 3.21. The van der Waals surface area contributed by atoms with Crippen molar-refractivity contribution >= 4 is 0 Å². The minimum Gasteiger partial charge on any atom is -0.317 e. The van der Waals surface area contributed by atoms with E-state index in [4.69, 9.17) is 0 Å². The summed E-state index contributed by atoms with van der Waals surface area (Å²) in [7, 11) is 5.98. The van der Waals surface area contributed by atoms with Crippen LogP contribution in [0.15, 0.2) is 91.0 Å². The monoisotopic (exact) mass is 447 g/mol. The van der Waals surface area contributed by atoms with E-state index >= 15 is 0 Å². The van der Waals surface area contributed by atoms with Gasteiger partial charge >= 0.3 is 0 Å². The third-order valence-corrected chi connectivity index (χ3v) is 5.63. The fourth-order valence-electron chi connectivity index (χ4n) is 3.21. The molecule has 0 aliphatic carbocycles. The molecule has 0 aliphatic heterocycles. The molecule has 0 bridgehead atoms. The lowest BCUT2D eigenvalue weighted by Gasteiger charge is -2.08. The molecule has 3 N–H and O–H groups in total. The van der Waals surface area contributed by atoms with Gasteiger partial charge in [-0.05, 0) is 77.9 Å². The van der Waals surface area contributed by atoms with Crippen LogP contribution < -0.4 is 16.0 Å². The molecule has 3 atom stereocenters. The van der Waals surface area contributed by atoms with E-state index in [-0.39, 0.29) is 0 Å². The molecule has 0 spiro atoms. The molecule has 0 heterocycles. The van der Waals surface area contributed by atoms with Gasteiger partial charge in [-0.3, -0.25) is 0 Å². The van der Waals surface area contributed by atoms with Gasteiger partial charge in [0, 0.05) is 18.1 Å². The van der Waals surface area contributed by atoms with Crippen LogP contribution in [0.1, 0.15) is 37.5 Å².